The van der Waals surface area contributed by atoms with Crippen LogP contribution in [0, 0.1) is 5.92 Å². The summed E-state index contributed by atoms with van der Waals surface area (Å²) in [5, 5.41) is 11.7. The first-order valence-corrected chi connectivity index (χ1v) is 8.38. The van der Waals surface area contributed by atoms with Gasteiger partial charge in [0, 0.05) is 45.3 Å². The lowest BCUT2D eigenvalue weighted by Crippen LogP contribution is -2.48. The van der Waals surface area contributed by atoms with E-state index in [9.17, 15) is 9.59 Å². The molecule has 1 aliphatic rings. The molecule has 0 aromatic carbocycles. The average molecular weight is 334 g/mol. The summed E-state index contributed by atoms with van der Waals surface area (Å²) in [5.41, 5.74) is 0. The van der Waals surface area contributed by atoms with Gasteiger partial charge in [0.15, 0.2) is 0 Å². The van der Waals surface area contributed by atoms with Crippen LogP contribution in [0.2, 0.25) is 0 Å². The van der Waals surface area contributed by atoms with Gasteiger partial charge < -0.3 is 15.3 Å². The molecule has 2 rings (SSSR count). The highest BCUT2D eigenvalue weighted by atomic mass is 16.4. The first-order valence-electron chi connectivity index (χ1n) is 8.38. The fourth-order valence-corrected chi connectivity index (χ4v) is 2.76. The summed E-state index contributed by atoms with van der Waals surface area (Å²) < 4.78 is 0. The van der Waals surface area contributed by atoms with Crippen molar-refractivity contribution in [2.75, 3.05) is 37.6 Å². The van der Waals surface area contributed by atoms with E-state index in [1.807, 2.05) is 18.2 Å². The molecule has 0 aliphatic carbocycles. The van der Waals surface area contributed by atoms with Crippen LogP contribution in [0.3, 0.4) is 0 Å². The Hall–Kier alpha value is -2.15. The van der Waals surface area contributed by atoms with Gasteiger partial charge in [-0.25, -0.2) is 9.78 Å². The lowest BCUT2D eigenvalue weighted by atomic mass is 10.0. The molecule has 1 saturated heterocycles. The third kappa shape index (κ3) is 5.19. The summed E-state index contributed by atoms with van der Waals surface area (Å²) in [6, 6.07) is 5.06. The number of rotatable bonds is 7. The number of hydrogen-bond acceptors (Lipinski definition) is 5. The third-order valence-electron chi connectivity index (χ3n) is 4.25. The van der Waals surface area contributed by atoms with Crippen molar-refractivity contribution in [1.82, 2.24) is 15.2 Å². The summed E-state index contributed by atoms with van der Waals surface area (Å²) in [7, 11) is 0. The normalized spacial score (nSPS) is 16.9. The van der Waals surface area contributed by atoms with Crippen molar-refractivity contribution >= 4 is 17.7 Å². The van der Waals surface area contributed by atoms with Crippen molar-refractivity contribution in [3.63, 3.8) is 0 Å². The minimum absolute atomic E-state index is 0.131. The van der Waals surface area contributed by atoms with Gasteiger partial charge in [-0.2, -0.15) is 0 Å². The van der Waals surface area contributed by atoms with Crippen LogP contribution >= 0.6 is 0 Å². The van der Waals surface area contributed by atoms with Crippen LogP contribution in [0.1, 0.15) is 20.3 Å². The van der Waals surface area contributed by atoms with Gasteiger partial charge in [0.05, 0.1) is 0 Å². The quantitative estimate of drug-likeness (QED) is 0.768. The van der Waals surface area contributed by atoms with Gasteiger partial charge in [-0.1, -0.05) is 19.9 Å². The SMILES string of the molecule is CC(C)[C@@H](NC(=O)CCN1CCN(c2ccccn2)CC1)C(=O)O. The number of carboxylic acid groups (broad SMARTS) is 1. The van der Waals surface area contributed by atoms with Crippen molar-refractivity contribution in [1.29, 1.82) is 0 Å². The summed E-state index contributed by atoms with van der Waals surface area (Å²) in [6.45, 7) is 7.72. The summed E-state index contributed by atoms with van der Waals surface area (Å²) >= 11 is 0. The van der Waals surface area contributed by atoms with Gasteiger partial charge in [0.2, 0.25) is 5.91 Å². The molecule has 2 N–H and O–H groups in total. The number of nitrogens with zero attached hydrogens (tertiary/aromatic N) is 3. The first kappa shape index (κ1) is 18.2. The molecular formula is C17H26N4O3. The molecular weight excluding hydrogens is 308 g/mol. The maximum Gasteiger partial charge on any atom is 0.326 e. The molecule has 0 spiro atoms. The Labute approximate surface area is 142 Å². The number of amides is 1. The second kappa shape index (κ2) is 8.63. The number of carboxylic acids is 1. The standard InChI is InChI=1S/C17H26N4O3/c1-13(2)16(17(23)24)19-15(22)6-8-20-9-11-21(12-10-20)14-5-3-4-7-18-14/h3-5,7,13,16H,6,8-12H2,1-2H3,(H,19,22)(H,23,24)/t16-/m1/s1. The second-order valence-electron chi connectivity index (χ2n) is 6.39. The topological polar surface area (TPSA) is 85.8 Å². The predicted molar refractivity (Wildman–Crippen MR) is 91.9 cm³/mol. The zero-order chi connectivity index (χ0) is 17.5. The Morgan fingerprint density at radius 1 is 1.25 bits per heavy atom. The molecule has 132 valence electrons. The zero-order valence-corrected chi connectivity index (χ0v) is 14.3. The molecule has 7 heteroatoms. The van der Waals surface area contributed by atoms with Crippen LogP contribution in [0.25, 0.3) is 0 Å². The van der Waals surface area contributed by atoms with Gasteiger partial charge in [-0.15, -0.1) is 0 Å². The van der Waals surface area contributed by atoms with E-state index < -0.39 is 12.0 Å². The molecule has 1 atom stereocenters. The molecule has 1 aromatic rings. The van der Waals surface area contributed by atoms with E-state index in [0.717, 1.165) is 32.0 Å². The molecule has 0 radical (unpaired) electrons. The van der Waals surface area contributed by atoms with Crippen LogP contribution in [-0.4, -0.2) is 65.6 Å². The minimum atomic E-state index is -0.984. The maximum atomic E-state index is 12.0. The second-order valence-corrected chi connectivity index (χ2v) is 6.39. The Bertz CT molecular complexity index is 542. The predicted octanol–water partition coefficient (Wildman–Crippen LogP) is 0.819. The molecule has 0 saturated carbocycles. The fraction of sp³-hybridized carbons (Fsp3) is 0.588. The van der Waals surface area contributed by atoms with Gasteiger partial charge in [0.25, 0.3) is 0 Å². The van der Waals surface area contributed by atoms with Crippen molar-refractivity contribution in [2.45, 2.75) is 26.3 Å². The van der Waals surface area contributed by atoms with Gasteiger partial charge in [-0.3, -0.25) is 9.69 Å². The molecule has 1 amide bonds. The number of aromatic nitrogens is 1. The number of hydrogen-bond donors (Lipinski definition) is 2. The zero-order valence-electron chi connectivity index (χ0n) is 14.3. The molecule has 7 nitrogen and oxygen atoms in total. The van der Waals surface area contributed by atoms with Crippen LogP contribution in [0.15, 0.2) is 24.4 Å². The average Bonchev–Trinajstić information content (AvgIpc) is 2.58. The van der Waals surface area contributed by atoms with Crippen molar-refractivity contribution in [3.05, 3.63) is 24.4 Å². The van der Waals surface area contributed by atoms with E-state index in [1.54, 1.807) is 20.0 Å². The molecule has 2 heterocycles. The monoisotopic (exact) mass is 334 g/mol. The van der Waals surface area contributed by atoms with Gasteiger partial charge in [-0.05, 0) is 18.1 Å². The van der Waals surface area contributed by atoms with Crippen molar-refractivity contribution in [2.24, 2.45) is 5.92 Å². The largest absolute Gasteiger partial charge is 0.480 e. The highest BCUT2D eigenvalue weighted by Crippen LogP contribution is 2.12. The number of aliphatic carboxylic acids is 1. The fourth-order valence-electron chi connectivity index (χ4n) is 2.76. The van der Waals surface area contributed by atoms with E-state index in [2.05, 4.69) is 20.1 Å². The van der Waals surface area contributed by atoms with Crippen molar-refractivity contribution < 1.29 is 14.7 Å². The van der Waals surface area contributed by atoms with E-state index in [-0.39, 0.29) is 11.8 Å². The number of nitrogens with one attached hydrogen (secondary N) is 1. The van der Waals surface area contributed by atoms with Gasteiger partial charge >= 0.3 is 5.97 Å². The number of carbonyl (C=O) groups excluding carboxylic acids is 1. The lowest BCUT2D eigenvalue weighted by molar-refractivity contribution is -0.143. The van der Waals surface area contributed by atoms with Crippen LogP contribution in [0.4, 0.5) is 5.82 Å². The van der Waals surface area contributed by atoms with E-state index in [1.165, 1.54) is 0 Å². The highest BCUT2D eigenvalue weighted by Gasteiger charge is 2.24. The van der Waals surface area contributed by atoms with Gasteiger partial charge in [0.1, 0.15) is 11.9 Å². The lowest BCUT2D eigenvalue weighted by Gasteiger charge is -2.35. The molecule has 1 aromatic heterocycles. The highest BCUT2D eigenvalue weighted by molar-refractivity contribution is 5.83. The van der Waals surface area contributed by atoms with Crippen molar-refractivity contribution in [3.8, 4) is 0 Å². The summed E-state index contributed by atoms with van der Waals surface area (Å²) in [5.74, 6) is -0.338. The smallest absolute Gasteiger partial charge is 0.326 e. The van der Waals surface area contributed by atoms with Crippen LogP contribution < -0.4 is 10.2 Å². The summed E-state index contributed by atoms with van der Waals surface area (Å²) in [4.78, 5) is 31.9. The Balaban J connectivity index is 1.72. The Morgan fingerprint density at radius 3 is 2.50 bits per heavy atom. The van der Waals surface area contributed by atoms with E-state index in [0.29, 0.717) is 13.0 Å². The first-order chi connectivity index (χ1) is 11.5. The maximum absolute atomic E-state index is 12.0. The Kier molecular flexibility index (Phi) is 6.54. The molecule has 0 unspecified atom stereocenters. The number of pyridine rings is 1. The Morgan fingerprint density at radius 2 is 1.96 bits per heavy atom. The molecule has 24 heavy (non-hydrogen) atoms. The number of piperazine rings is 1. The molecule has 0 bridgehead atoms. The number of anilines is 1. The molecule has 1 aliphatic heterocycles. The van der Waals surface area contributed by atoms with Crippen LogP contribution in [0.5, 0.6) is 0 Å². The molecule has 1 fully saturated rings. The summed E-state index contributed by atoms with van der Waals surface area (Å²) in [6.07, 6.45) is 2.11. The third-order valence-corrected chi connectivity index (χ3v) is 4.25. The van der Waals surface area contributed by atoms with E-state index >= 15 is 0 Å². The van der Waals surface area contributed by atoms with E-state index in [4.69, 9.17) is 5.11 Å². The van der Waals surface area contributed by atoms with Crippen LogP contribution in [-0.2, 0) is 9.59 Å². The number of carbonyl (C=O) groups is 2. The minimum Gasteiger partial charge on any atom is -0.480 e.